The Morgan fingerprint density at radius 2 is 2.36 bits per heavy atom. The molecule has 0 saturated carbocycles. The van der Waals surface area contributed by atoms with Crippen LogP contribution in [0.2, 0.25) is 0 Å². The fourth-order valence-corrected chi connectivity index (χ4v) is 1.43. The molecule has 0 aliphatic carbocycles. The highest BCUT2D eigenvalue weighted by Crippen LogP contribution is 2.09. The first-order valence-corrected chi connectivity index (χ1v) is 4.30. The zero-order chi connectivity index (χ0) is 10.1. The first-order chi connectivity index (χ1) is 6.68. The van der Waals surface area contributed by atoms with Crippen molar-refractivity contribution >= 4 is 11.5 Å². The fraction of sp³-hybridized carbons (Fsp3) is 0.222. The normalized spacial score (nSPS) is 10.6. The van der Waals surface area contributed by atoms with Crippen LogP contribution in [0, 0.1) is 12.3 Å². The third-order valence-corrected chi connectivity index (χ3v) is 2.07. The Morgan fingerprint density at radius 3 is 3.07 bits per heavy atom. The number of aromatic nitrogens is 3. The highest BCUT2D eigenvalue weighted by Gasteiger charge is 2.06. The minimum Gasteiger partial charge on any atom is -0.387 e. The average molecular weight is 189 g/mol. The van der Waals surface area contributed by atoms with E-state index < -0.39 is 0 Å². The molecule has 0 bridgehead atoms. The maximum Gasteiger partial charge on any atom is 0.164 e. The van der Waals surface area contributed by atoms with Gasteiger partial charge in [-0.3, -0.25) is 9.81 Å². The topological polar surface area (TPSA) is 80.1 Å². The maximum absolute atomic E-state index is 7.23. The largest absolute Gasteiger partial charge is 0.387 e. The molecule has 5 nitrogen and oxygen atoms in total. The predicted octanol–water partition coefficient (Wildman–Crippen LogP) is 0.516. The first-order valence-electron chi connectivity index (χ1n) is 4.30. The molecule has 14 heavy (non-hydrogen) atoms. The summed E-state index contributed by atoms with van der Waals surface area (Å²) in [4.78, 5) is 0. The molecule has 3 N–H and O–H groups in total. The van der Waals surface area contributed by atoms with Gasteiger partial charge in [-0.2, -0.15) is 0 Å². The molecule has 5 heteroatoms. The van der Waals surface area contributed by atoms with E-state index in [9.17, 15) is 0 Å². The summed E-state index contributed by atoms with van der Waals surface area (Å²) in [5, 5.41) is 15.2. The summed E-state index contributed by atoms with van der Waals surface area (Å²) in [5.74, 6) is 0.976. The number of hydrogen-bond donors (Lipinski definition) is 2. The van der Waals surface area contributed by atoms with E-state index in [-0.39, 0.29) is 5.84 Å². The minimum absolute atomic E-state index is 0.138. The van der Waals surface area contributed by atoms with Gasteiger partial charge < -0.3 is 5.73 Å². The van der Waals surface area contributed by atoms with Crippen molar-refractivity contribution in [3.05, 3.63) is 29.7 Å². The zero-order valence-corrected chi connectivity index (χ0v) is 7.86. The van der Waals surface area contributed by atoms with Crippen molar-refractivity contribution in [3.8, 4) is 0 Å². The van der Waals surface area contributed by atoms with Crippen LogP contribution < -0.4 is 5.73 Å². The number of nitrogens with one attached hydrogen (secondary N) is 1. The Kier molecular flexibility index (Phi) is 1.92. The summed E-state index contributed by atoms with van der Waals surface area (Å²) in [6.07, 6.45) is 2.32. The first kappa shape index (κ1) is 8.68. The van der Waals surface area contributed by atoms with Gasteiger partial charge in [0.05, 0.1) is 5.84 Å². The molecule has 0 spiro atoms. The summed E-state index contributed by atoms with van der Waals surface area (Å²) in [7, 11) is 0. The Bertz CT molecular complexity index is 485. The molecular formula is C9H11N5. The summed E-state index contributed by atoms with van der Waals surface area (Å²) in [6.45, 7) is 1.89. The molecule has 0 unspecified atom stereocenters. The molecular weight excluding hydrogens is 178 g/mol. The standard InChI is InChI=1S/C9H11N5/c1-6-12-13-9-7(5-8(10)11)3-2-4-14(6)9/h2-4H,5H2,1H3,(H3,10,11). The summed E-state index contributed by atoms with van der Waals surface area (Å²) >= 11 is 0. The lowest BCUT2D eigenvalue weighted by Crippen LogP contribution is -2.13. The van der Waals surface area contributed by atoms with Crippen LogP contribution in [-0.2, 0) is 6.42 Å². The number of fused-ring (bicyclic) bond motifs is 1. The summed E-state index contributed by atoms with van der Waals surface area (Å²) < 4.78 is 1.89. The van der Waals surface area contributed by atoms with Crippen molar-refractivity contribution in [2.24, 2.45) is 5.73 Å². The zero-order valence-electron chi connectivity index (χ0n) is 7.86. The van der Waals surface area contributed by atoms with Crippen LogP contribution in [0.1, 0.15) is 11.4 Å². The lowest BCUT2D eigenvalue weighted by molar-refractivity contribution is 1.01. The third-order valence-electron chi connectivity index (χ3n) is 2.07. The lowest BCUT2D eigenvalue weighted by Gasteiger charge is -2.01. The van der Waals surface area contributed by atoms with E-state index in [0.717, 1.165) is 17.0 Å². The predicted molar refractivity (Wildman–Crippen MR) is 53.3 cm³/mol. The van der Waals surface area contributed by atoms with Crippen LogP contribution in [0.5, 0.6) is 0 Å². The van der Waals surface area contributed by atoms with Gasteiger partial charge in [-0.05, 0) is 13.0 Å². The molecule has 2 rings (SSSR count). The van der Waals surface area contributed by atoms with Crippen LogP contribution in [0.25, 0.3) is 5.65 Å². The molecule has 2 aromatic heterocycles. The number of rotatable bonds is 2. The Balaban J connectivity index is 2.59. The third kappa shape index (κ3) is 1.32. The highest BCUT2D eigenvalue weighted by molar-refractivity contribution is 5.81. The van der Waals surface area contributed by atoms with Crippen molar-refractivity contribution in [1.82, 2.24) is 14.6 Å². The van der Waals surface area contributed by atoms with Crippen molar-refractivity contribution in [1.29, 1.82) is 5.41 Å². The average Bonchev–Trinajstić information content (AvgIpc) is 2.49. The molecule has 72 valence electrons. The van der Waals surface area contributed by atoms with Crippen molar-refractivity contribution in [3.63, 3.8) is 0 Å². The maximum atomic E-state index is 7.23. The van der Waals surface area contributed by atoms with Gasteiger partial charge in [0, 0.05) is 18.2 Å². The number of amidine groups is 1. The molecule has 2 heterocycles. The van der Waals surface area contributed by atoms with Gasteiger partial charge in [-0.15, -0.1) is 10.2 Å². The van der Waals surface area contributed by atoms with E-state index in [1.54, 1.807) is 0 Å². The van der Waals surface area contributed by atoms with E-state index in [1.165, 1.54) is 0 Å². The number of nitrogens with two attached hydrogens (primary N) is 1. The molecule has 0 fully saturated rings. The van der Waals surface area contributed by atoms with Crippen molar-refractivity contribution in [2.45, 2.75) is 13.3 Å². The van der Waals surface area contributed by atoms with Gasteiger partial charge in [0.2, 0.25) is 0 Å². The smallest absolute Gasteiger partial charge is 0.164 e. The van der Waals surface area contributed by atoms with E-state index in [4.69, 9.17) is 11.1 Å². The van der Waals surface area contributed by atoms with Crippen molar-refractivity contribution < 1.29 is 0 Å². The lowest BCUT2D eigenvalue weighted by atomic mass is 10.2. The van der Waals surface area contributed by atoms with Gasteiger partial charge in [-0.1, -0.05) is 6.07 Å². The summed E-state index contributed by atoms with van der Waals surface area (Å²) in [5.41, 5.74) is 7.06. The van der Waals surface area contributed by atoms with Crippen LogP contribution >= 0.6 is 0 Å². The molecule has 0 atom stereocenters. The second-order valence-electron chi connectivity index (χ2n) is 3.18. The van der Waals surface area contributed by atoms with Crippen LogP contribution in [-0.4, -0.2) is 20.4 Å². The van der Waals surface area contributed by atoms with Crippen molar-refractivity contribution in [2.75, 3.05) is 0 Å². The molecule has 0 saturated heterocycles. The van der Waals surface area contributed by atoms with Gasteiger partial charge in [0.25, 0.3) is 0 Å². The van der Waals surface area contributed by atoms with Gasteiger partial charge in [0.1, 0.15) is 5.82 Å². The Morgan fingerprint density at radius 1 is 1.57 bits per heavy atom. The SMILES string of the molecule is Cc1nnc2c(CC(=N)N)cccn12. The number of nitrogens with zero attached hydrogens (tertiary/aromatic N) is 3. The second kappa shape index (κ2) is 3.10. The van der Waals surface area contributed by atoms with E-state index in [0.29, 0.717) is 6.42 Å². The second-order valence-corrected chi connectivity index (χ2v) is 3.18. The van der Waals surface area contributed by atoms with Gasteiger partial charge in [0.15, 0.2) is 5.65 Å². The highest BCUT2D eigenvalue weighted by atomic mass is 15.2. The van der Waals surface area contributed by atoms with Crippen LogP contribution in [0.3, 0.4) is 0 Å². The van der Waals surface area contributed by atoms with E-state index >= 15 is 0 Å². The molecule has 2 aromatic rings. The minimum atomic E-state index is 0.138. The fourth-order valence-electron chi connectivity index (χ4n) is 1.43. The van der Waals surface area contributed by atoms with Crippen LogP contribution in [0.4, 0.5) is 0 Å². The molecule has 0 aliphatic rings. The van der Waals surface area contributed by atoms with Gasteiger partial charge >= 0.3 is 0 Å². The van der Waals surface area contributed by atoms with E-state index in [1.807, 2.05) is 29.7 Å². The van der Waals surface area contributed by atoms with Gasteiger partial charge in [-0.25, -0.2) is 0 Å². The van der Waals surface area contributed by atoms with Crippen LogP contribution in [0.15, 0.2) is 18.3 Å². The number of pyridine rings is 1. The quantitative estimate of drug-likeness (QED) is 0.533. The number of aryl methyl sites for hydroxylation is 1. The number of hydrogen-bond acceptors (Lipinski definition) is 3. The molecule has 0 amide bonds. The molecule has 0 aliphatic heterocycles. The molecule has 0 radical (unpaired) electrons. The summed E-state index contributed by atoms with van der Waals surface area (Å²) in [6, 6.07) is 3.81. The molecule has 0 aromatic carbocycles. The van der Waals surface area contributed by atoms with E-state index in [2.05, 4.69) is 10.2 Å². The Labute approximate surface area is 81.1 Å². The Hall–Kier alpha value is -1.91. The monoisotopic (exact) mass is 189 g/mol.